The van der Waals surface area contributed by atoms with E-state index in [0.29, 0.717) is 5.92 Å². The molecule has 3 atom stereocenters. The molecule has 1 saturated heterocycles. The number of amides is 1. The Morgan fingerprint density at radius 3 is 2.91 bits per heavy atom. The molecule has 118 valence electrons. The lowest BCUT2D eigenvalue weighted by Crippen LogP contribution is -2.28. The molecule has 23 heavy (non-hydrogen) atoms. The van der Waals surface area contributed by atoms with Gasteiger partial charge in [0.2, 0.25) is 5.91 Å². The molecule has 8 heteroatoms. The summed E-state index contributed by atoms with van der Waals surface area (Å²) in [5, 5.41) is 16.4. The number of carbonyl (C=O) groups excluding carboxylic acids is 1. The van der Waals surface area contributed by atoms with Crippen LogP contribution in [0.2, 0.25) is 0 Å². The number of aromatic nitrogens is 4. The fourth-order valence-electron chi connectivity index (χ4n) is 3.05. The normalized spacial score (nSPS) is 23.7. The topological polar surface area (TPSA) is 101 Å². The third kappa shape index (κ3) is 2.26. The van der Waals surface area contributed by atoms with E-state index in [4.69, 9.17) is 5.11 Å². The largest absolute Gasteiger partial charge is 0.476 e. The Bertz CT molecular complexity index is 802. The van der Waals surface area contributed by atoms with Crippen molar-refractivity contribution in [3.05, 3.63) is 35.9 Å². The molecule has 1 amide bonds. The molecule has 1 saturated carbocycles. The van der Waals surface area contributed by atoms with E-state index in [1.54, 1.807) is 17.3 Å². The summed E-state index contributed by atoms with van der Waals surface area (Å²) in [6, 6.07) is 1.68. The second kappa shape index (κ2) is 4.87. The van der Waals surface area contributed by atoms with Crippen molar-refractivity contribution < 1.29 is 14.7 Å². The number of carboxylic acids is 1. The van der Waals surface area contributed by atoms with E-state index >= 15 is 0 Å². The van der Waals surface area contributed by atoms with E-state index in [9.17, 15) is 9.59 Å². The zero-order valence-corrected chi connectivity index (χ0v) is 12.5. The Kier molecular flexibility index (Phi) is 2.93. The lowest BCUT2D eigenvalue weighted by Gasteiger charge is -2.20. The van der Waals surface area contributed by atoms with Gasteiger partial charge in [-0.25, -0.2) is 9.48 Å². The quantitative estimate of drug-likeness (QED) is 0.902. The highest BCUT2D eigenvalue weighted by atomic mass is 16.4. The van der Waals surface area contributed by atoms with Gasteiger partial charge in [-0.3, -0.25) is 9.78 Å². The minimum Gasteiger partial charge on any atom is -0.476 e. The predicted octanol–water partition coefficient (Wildman–Crippen LogP) is 0.963. The van der Waals surface area contributed by atoms with Crippen LogP contribution in [-0.4, -0.2) is 43.5 Å². The number of anilines is 1. The SMILES string of the molecule is CC(c1cncc(N2C[C@H]3C[C@H]3C2=O)c1)n1cc(C(=O)O)nn1. The van der Waals surface area contributed by atoms with Gasteiger partial charge in [0.25, 0.3) is 0 Å². The maximum atomic E-state index is 12.2. The van der Waals surface area contributed by atoms with Gasteiger partial charge in [0, 0.05) is 18.7 Å². The molecule has 2 fully saturated rings. The molecule has 0 radical (unpaired) electrons. The van der Waals surface area contributed by atoms with E-state index in [1.807, 2.05) is 13.0 Å². The molecular weight excluding hydrogens is 298 g/mol. The third-order valence-corrected chi connectivity index (χ3v) is 4.59. The summed E-state index contributed by atoms with van der Waals surface area (Å²) in [7, 11) is 0. The maximum Gasteiger partial charge on any atom is 0.358 e. The van der Waals surface area contributed by atoms with E-state index in [1.165, 1.54) is 10.9 Å². The first-order chi connectivity index (χ1) is 11.0. The van der Waals surface area contributed by atoms with Gasteiger partial charge in [-0.1, -0.05) is 5.21 Å². The molecule has 2 aliphatic rings. The van der Waals surface area contributed by atoms with Crippen LogP contribution in [0.3, 0.4) is 0 Å². The number of pyridine rings is 1. The van der Waals surface area contributed by atoms with Crippen LogP contribution in [-0.2, 0) is 4.79 Å². The first kappa shape index (κ1) is 13.9. The zero-order valence-electron chi connectivity index (χ0n) is 12.5. The van der Waals surface area contributed by atoms with E-state index < -0.39 is 5.97 Å². The highest BCUT2D eigenvalue weighted by molar-refractivity contribution is 5.99. The smallest absolute Gasteiger partial charge is 0.358 e. The summed E-state index contributed by atoms with van der Waals surface area (Å²) < 4.78 is 1.48. The molecule has 3 heterocycles. The van der Waals surface area contributed by atoms with Gasteiger partial charge in [-0.15, -0.1) is 5.10 Å². The fourth-order valence-corrected chi connectivity index (χ4v) is 3.05. The molecule has 1 aliphatic carbocycles. The van der Waals surface area contributed by atoms with Crippen LogP contribution in [0, 0.1) is 11.8 Å². The second-order valence-corrected chi connectivity index (χ2v) is 6.09. The van der Waals surface area contributed by atoms with Crippen molar-refractivity contribution in [1.29, 1.82) is 0 Å². The summed E-state index contributed by atoms with van der Waals surface area (Å²) in [5.41, 5.74) is 1.53. The number of hydrogen-bond acceptors (Lipinski definition) is 5. The lowest BCUT2D eigenvalue weighted by atomic mass is 10.1. The van der Waals surface area contributed by atoms with Crippen LogP contribution in [0.5, 0.6) is 0 Å². The average Bonchev–Trinajstić information content (AvgIpc) is 3.01. The molecule has 0 spiro atoms. The number of carboxylic acid groups (broad SMARTS) is 1. The van der Waals surface area contributed by atoms with Crippen LogP contribution < -0.4 is 4.90 Å². The monoisotopic (exact) mass is 313 g/mol. The second-order valence-electron chi connectivity index (χ2n) is 6.09. The Morgan fingerprint density at radius 1 is 1.43 bits per heavy atom. The van der Waals surface area contributed by atoms with Gasteiger partial charge in [0.05, 0.1) is 24.1 Å². The highest BCUT2D eigenvalue weighted by Gasteiger charge is 2.52. The molecule has 1 unspecified atom stereocenters. The first-order valence-corrected chi connectivity index (χ1v) is 7.46. The van der Waals surface area contributed by atoms with Crippen LogP contribution in [0.1, 0.15) is 35.4 Å². The van der Waals surface area contributed by atoms with Crippen molar-refractivity contribution in [3.63, 3.8) is 0 Å². The van der Waals surface area contributed by atoms with Crippen LogP contribution >= 0.6 is 0 Å². The van der Waals surface area contributed by atoms with E-state index in [-0.39, 0.29) is 23.6 Å². The molecule has 8 nitrogen and oxygen atoms in total. The standard InChI is InChI=1S/C15H15N5O3/c1-8(20-7-13(15(22)23)17-18-20)9-2-11(5-16-4-9)19-6-10-3-12(10)14(19)21/h2,4-5,7-8,10,12H,3,6H2,1H3,(H,22,23)/t8?,10-,12-/m1/s1. The number of rotatable bonds is 4. The Labute approximate surface area is 131 Å². The summed E-state index contributed by atoms with van der Waals surface area (Å²) in [5.74, 6) is -0.241. The minimum atomic E-state index is -1.11. The molecule has 0 bridgehead atoms. The summed E-state index contributed by atoms with van der Waals surface area (Å²) >= 11 is 0. The van der Waals surface area contributed by atoms with E-state index in [0.717, 1.165) is 24.2 Å². The average molecular weight is 313 g/mol. The van der Waals surface area contributed by atoms with Crippen molar-refractivity contribution in [3.8, 4) is 0 Å². The Morgan fingerprint density at radius 2 is 2.26 bits per heavy atom. The number of fused-ring (bicyclic) bond motifs is 1. The molecule has 1 aliphatic heterocycles. The molecule has 2 aromatic heterocycles. The van der Waals surface area contributed by atoms with Crippen molar-refractivity contribution in [2.75, 3.05) is 11.4 Å². The van der Waals surface area contributed by atoms with Gasteiger partial charge in [0.15, 0.2) is 5.69 Å². The Balaban J connectivity index is 1.60. The van der Waals surface area contributed by atoms with Crippen LogP contribution in [0.15, 0.2) is 24.7 Å². The summed E-state index contributed by atoms with van der Waals surface area (Å²) in [6.45, 7) is 2.64. The minimum absolute atomic E-state index is 0.101. The summed E-state index contributed by atoms with van der Waals surface area (Å²) in [4.78, 5) is 29.1. The van der Waals surface area contributed by atoms with Gasteiger partial charge in [0.1, 0.15) is 0 Å². The van der Waals surface area contributed by atoms with E-state index in [2.05, 4.69) is 15.3 Å². The third-order valence-electron chi connectivity index (χ3n) is 4.59. The van der Waals surface area contributed by atoms with Gasteiger partial charge >= 0.3 is 5.97 Å². The van der Waals surface area contributed by atoms with Crippen LogP contribution in [0.4, 0.5) is 5.69 Å². The van der Waals surface area contributed by atoms with Gasteiger partial charge in [-0.2, -0.15) is 0 Å². The molecular formula is C15H15N5O3. The van der Waals surface area contributed by atoms with Crippen molar-refractivity contribution in [1.82, 2.24) is 20.0 Å². The number of aromatic carboxylic acids is 1. The van der Waals surface area contributed by atoms with Crippen molar-refractivity contribution in [2.45, 2.75) is 19.4 Å². The number of nitrogens with zero attached hydrogens (tertiary/aromatic N) is 5. The number of carbonyl (C=O) groups is 2. The molecule has 0 aromatic carbocycles. The number of piperidine rings is 1. The Hall–Kier alpha value is -2.77. The van der Waals surface area contributed by atoms with Gasteiger partial charge < -0.3 is 10.0 Å². The van der Waals surface area contributed by atoms with Gasteiger partial charge in [-0.05, 0) is 30.9 Å². The van der Waals surface area contributed by atoms with Crippen LogP contribution in [0.25, 0.3) is 0 Å². The molecule has 1 N–H and O–H groups in total. The zero-order chi connectivity index (χ0) is 16.1. The van der Waals surface area contributed by atoms with Crippen molar-refractivity contribution in [2.24, 2.45) is 11.8 Å². The fraction of sp³-hybridized carbons (Fsp3) is 0.400. The molecule has 2 aromatic rings. The molecule has 4 rings (SSSR count). The summed E-state index contributed by atoms with van der Waals surface area (Å²) in [6.07, 6.45) is 5.77. The maximum absolute atomic E-state index is 12.2. The predicted molar refractivity (Wildman–Crippen MR) is 79.0 cm³/mol. The highest BCUT2D eigenvalue weighted by Crippen LogP contribution is 2.47. The lowest BCUT2D eigenvalue weighted by molar-refractivity contribution is -0.118. The number of hydrogen-bond donors (Lipinski definition) is 1. The van der Waals surface area contributed by atoms with Crippen molar-refractivity contribution >= 4 is 17.6 Å². The first-order valence-electron chi connectivity index (χ1n) is 7.46.